The van der Waals surface area contributed by atoms with Crippen molar-refractivity contribution in [3.63, 3.8) is 0 Å². The molecule has 3 aromatic rings. The first-order chi connectivity index (χ1) is 16.6. The van der Waals surface area contributed by atoms with Crippen LogP contribution in [0.25, 0.3) is 11.1 Å². The van der Waals surface area contributed by atoms with Crippen LogP contribution in [0.5, 0.6) is 0 Å². The molecule has 2 aliphatic rings. The third-order valence-electron chi connectivity index (χ3n) is 6.70. The molecule has 0 bridgehead atoms. The highest BCUT2D eigenvalue weighted by atomic mass is 16.6. The average molecular weight is 455 g/mol. The summed E-state index contributed by atoms with van der Waals surface area (Å²) in [6.07, 6.45) is 3.81. The summed E-state index contributed by atoms with van der Waals surface area (Å²) >= 11 is 0. The van der Waals surface area contributed by atoms with Gasteiger partial charge < -0.3 is 15.0 Å². The number of aryl methyl sites for hydroxylation is 1. The highest BCUT2D eigenvalue weighted by molar-refractivity contribution is 5.95. The maximum Gasteiger partial charge on any atom is 0.410 e. The Hall–Kier alpha value is -3.60. The Morgan fingerprint density at radius 2 is 1.74 bits per heavy atom. The lowest BCUT2D eigenvalue weighted by atomic mass is 9.95. The SMILES string of the molecule is Cc1cc(C(=O)NC2CC2)ccc1-c1ccc(C2CCCN2C(=O)OCc2ccccc2)cc1. The molecule has 1 saturated carbocycles. The number of rotatable bonds is 6. The van der Waals surface area contributed by atoms with Crippen molar-refractivity contribution in [2.75, 3.05) is 6.54 Å². The molecular formula is C29H30N2O3. The Morgan fingerprint density at radius 3 is 2.44 bits per heavy atom. The van der Waals surface area contributed by atoms with E-state index in [1.165, 1.54) is 0 Å². The third kappa shape index (κ3) is 4.98. The van der Waals surface area contributed by atoms with Gasteiger partial charge in [-0.25, -0.2) is 4.79 Å². The van der Waals surface area contributed by atoms with E-state index in [2.05, 4.69) is 29.6 Å². The maximum absolute atomic E-state index is 12.8. The Morgan fingerprint density at radius 1 is 0.971 bits per heavy atom. The number of ether oxygens (including phenoxy) is 1. The number of nitrogens with one attached hydrogen (secondary N) is 1. The summed E-state index contributed by atoms with van der Waals surface area (Å²) in [7, 11) is 0. The molecule has 174 valence electrons. The van der Waals surface area contributed by atoms with Crippen molar-refractivity contribution < 1.29 is 14.3 Å². The van der Waals surface area contributed by atoms with E-state index in [-0.39, 0.29) is 24.6 Å². The van der Waals surface area contributed by atoms with Gasteiger partial charge in [0.05, 0.1) is 6.04 Å². The van der Waals surface area contributed by atoms with Crippen LogP contribution < -0.4 is 5.32 Å². The van der Waals surface area contributed by atoms with Gasteiger partial charge >= 0.3 is 6.09 Å². The first-order valence-electron chi connectivity index (χ1n) is 12.1. The van der Waals surface area contributed by atoms with Crippen molar-refractivity contribution >= 4 is 12.0 Å². The summed E-state index contributed by atoms with van der Waals surface area (Å²) in [6, 6.07) is 24.5. The minimum absolute atomic E-state index is 0.00738. The second-order valence-corrected chi connectivity index (χ2v) is 9.29. The van der Waals surface area contributed by atoms with E-state index in [0.717, 1.165) is 53.5 Å². The standard InChI is InChI=1S/C29H30N2O3/c1-20-18-24(28(32)30-25-14-15-25)13-16-26(20)22-9-11-23(12-10-22)27-8-5-17-31(27)29(33)34-19-21-6-3-2-4-7-21/h2-4,6-7,9-13,16,18,25,27H,5,8,14-15,17,19H2,1H3,(H,30,32). The zero-order valence-corrected chi connectivity index (χ0v) is 19.5. The second kappa shape index (κ2) is 9.72. The van der Waals surface area contributed by atoms with E-state index in [1.807, 2.05) is 60.4 Å². The molecule has 1 saturated heterocycles. The highest BCUT2D eigenvalue weighted by Gasteiger charge is 2.31. The Kier molecular flexibility index (Phi) is 6.35. The van der Waals surface area contributed by atoms with Gasteiger partial charge in [-0.2, -0.15) is 0 Å². The molecule has 1 heterocycles. The molecular weight excluding hydrogens is 424 g/mol. The lowest BCUT2D eigenvalue weighted by Crippen LogP contribution is -2.31. The minimum atomic E-state index is -0.258. The van der Waals surface area contributed by atoms with Crippen molar-refractivity contribution in [3.05, 3.63) is 95.1 Å². The Labute approximate surface area is 200 Å². The van der Waals surface area contributed by atoms with E-state index >= 15 is 0 Å². The van der Waals surface area contributed by atoms with Gasteiger partial charge in [0.15, 0.2) is 0 Å². The molecule has 1 aliphatic carbocycles. The molecule has 5 nitrogen and oxygen atoms in total. The number of hydrogen-bond donors (Lipinski definition) is 1. The normalized spacial score (nSPS) is 17.4. The zero-order chi connectivity index (χ0) is 23.5. The maximum atomic E-state index is 12.8. The van der Waals surface area contributed by atoms with Crippen LogP contribution >= 0.6 is 0 Å². The molecule has 1 atom stereocenters. The first kappa shape index (κ1) is 22.2. The smallest absolute Gasteiger partial charge is 0.410 e. The first-order valence-corrected chi connectivity index (χ1v) is 12.1. The van der Waals surface area contributed by atoms with Crippen LogP contribution in [0.4, 0.5) is 4.79 Å². The molecule has 5 heteroatoms. The van der Waals surface area contributed by atoms with Crippen molar-refractivity contribution in [3.8, 4) is 11.1 Å². The van der Waals surface area contributed by atoms with Crippen LogP contribution in [0.2, 0.25) is 0 Å². The van der Waals surface area contributed by atoms with Crippen molar-refractivity contribution in [1.82, 2.24) is 10.2 Å². The van der Waals surface area contributed by atoms with E-state index in [4.69, 9.17) is 4.74 Å². The van der Waals surface area contributed by atoms with E-state index < -0.39 is 0 Å². The number of benzene rings is 3. The summed E-state index contributed by atoms with van der Waals surface area (Å²) in [5, 5.41) is 3.05. The summed E-state index contributed by atoms with van der Waals surface area (Å²) in [4.78, 5) is 27.0. The molecule has 1 unspecified atom stereocenters. The van der Waals surface area contributed by atoms with Crippen molar-refractivity contribution in [2.24, 2.45) is 0 Å². The number of hydrogen-bond acceptors (Lipinski definition) is 3. The molecule has 2 fully saturated rings. The van der Waals surface area contributed by atoms with Gasteiger partial charge in [-0.3, -0.25) is 4.79 Å². The van der Waals surface area contributed by atoms with Crippen LogP contribution in [-0.2, 0) is 11.3 Å². The predicted octanol–water partition coefficient (Wildman–Crippen LogP) is 6.03. The molecule has 34 heavy (non-hydrogen) atoms. The van der Waals surface area contributed by atoms with Gasteiger partial charge in [0.1, 0.15) is 6.61 Å². The van der Waals surface area contributed by atoms with Crippen molar-refractivity contribution in [1.29, 1.82) is 0 Å². The number of carbonyl (C=O) groups excluding carboxylic acids is 2. The summed E-state index contributed by atoms with van der Waals surface area (Å²) in [5.41, 5.74) is 6.11. The van der Waals surface area contributed by atoms with Crippen molar-refractivity contribution in [2.45, 2.75) is 51.3 Å². The molecule has 0 radical (unpaired) electrons. The van der Waals surface area contributed by atoms with Gasteiger partial charge in [0.2, 0.25) is 0 Å². The van der Waals surface area contributed by atoms with Crippen LogP contribution in [0, 0.1) is 6.92 Å². The largest absolute Gasteiger partial charge is 0.445 e. The summed E-state index contributed by atoms with van der Waals surface area (Å²) in [6.45, 7) is 3.04. The summed E-state index contributed by atoms with van der Waals surface area (Å²) in [5.74, 6) is 0.00738. The third-order valence-corrected chi connectivity index (χ3v) is 6.70. The fourth-order valence-corrected chi connectivity index (χ4v) is 4.64. The number of nitrogens with zero attached hydrogens (tertiary/aromatic N) is 1. The second-order valence-electron chi connectivity index (χ2n) is 9.29. The number of amides is 2. The molecule has 5 rings (SSSR count). The summed E-state index contributed by atoms with van der Waals surface area (Å²) < 4.78 is 5.59. The topological polar surface area (TPSA) is 58.6 Å². The predicted molar refractivity (Wildman–Crippen MR) is 132 cm³/mol. The molecule has 2 amide bonds. The van der Waals surface area contributed by atoms with Gasteiger partial charge in [-0.05, 0) is 72.6 Å². The van der Waals surface area contributed by atoms with Gasteiger partial charge in [0.25, 0.3) is 5.91 Å². The molecule has 0 spiro atoms. The minimum Gasteiger partial charge on any atom is -0.445 e. The highest BCUT2D eigenvalue weighted by Crippen LogP contribution is 2.34. The number of carbonyl (C=O) groups is 2. The Bertz CT molecular complexity index is 1170. The fourth-order valence-electron chi connectivity index (χ4n) is 4.64. The average Bonchev–Trinajstić information content (AvgIpc) is 3.54. The van der Waals surface area contributed by atoms with Crippen LogP contribution in [0.1, 0.15) is 58.8 Å². The van der Waals surface area contributed by atoms with Crippen LogP contribution in [-0.4, -0.2) is 29.5 Å². The molecule has 1 N–H and O–H groups in total. The lowest BCUT2D eigenvalue weighted by Gasteiger charge is -2.24. The Balaban J connectivity index is 1.25. The fraction of sp³-hybridized carbons (Fsp3) is 0.310. The molecule has 1 aliphatic heterocycles. The van der Waals surface area contributed by atoms with Gasteiger partial charge in [-0.15, -0.1) is 0 Å². The lowest BCUT2D eigenvalue weighted by molar-refractivity contribution is 0.0919. The molecule has 0 aromatic heterocycles. The van der Waals surface area contributed by atoms with E-state index in [1.54, 1.807) is 0 Å². The zero-order valence-electron chi connectivity index (χ0n) is 19.5. The van der Waals surface area contributed by atoms with E-state index in [0.29, 0.717) is 18.2 Å². The van der Waals surface area contributed by atoms with Gasteiger partial charge in [-0.1, -0.05) is 60.7 Å². The van der Waals surface area contributed by atoms with Gasteiger partial charge in [0, 0.05) is 18.2 Å². The van der Waals surface area contributed by atoms with Crippen LogP contribution in [0.15, 0.2) is 72.8 Å². The monoisotopic (exact) mass is 454 g/mol. The van der Waals surface area contributed by atoms with E-state index in [9.17, 15) is 9.59 Å². The van der Waals surface area contributed by atoms with Crippen LogP contribution in [0.3, 0.4) is 0 Å². The quantitative estimate of drug-likeness (QED) is 0.495. The molecule has 3 aromatic carbocycles. The number of likely N-dealkylation sites (tertiary alicyclic amines) is 1.